The smallest absolute Gasteiger partial charge is 0.303 e. The van der Waals surface area contributed by atoms with Crippen LogP contribution in [0.25, 0.3) is 16.9 Å². The molecule has 0 saturated carbocycles. The number of aryl methyl sites for hydroxylation is 2. The number of carbonyl (C=O) groups is 2. The van der Waals surface area contributed by atoms with E-state index in [1.807, 2.05) is 55.5 Å². The molecule has 1 amide bonds. The van der Waals surface area contributed by atoms with Gasteiger partial charge in [-0.25, -0.2) is 0 Å². The quantitative estimate of drug-likeness (QED) is 0.714. The number of carboxylic acid groups (broad SMARTS) is 1. The lowest BCUT2D eigenvalue weighted by molar-refractivity contribution is -0.136. The molecule has 0 saturated heterocycles. The molecule has 132 valence electrons. The van der Waals surface area contributed by atoms with Crippen LogP contribution in [0.1, 0.15) is 28.0 Å². The van der Waals surface area contributed by atoms with Crippen LogP contribution in [-0.2, 0) is 11.2 Å². The van der Waals surface area contributed by atoms with E-state index in [0.717, 1.165) is 28.2 Å². The Balaban J connectivity index is 2.15. The number of nitrogens with zero attached hydrogens (tertiary/aromatic N) is 1. The Bertz CT molecular complexity index is 959. The molecule has 0 fully saturated rings. The number of carbonyl (C=O) groups excluding carboxylic acids is 1. The summed E-state index contributed by atoms with van der Waals surface area (Å²) in [5.41, 5.74) is 10.5. The van der Waals surface area contributed by atoms with Gasteiger partial charge in [-0.1, -0.05) is 30.3 Å². The summed E-state index contributed by atoms with van der Waals surface area (Å²) in [6.07, 6.45) is 0.468. The Kier molecular flexibility index (Phi) is 4.89. The van der Waals surface area contributed by atoms with Crippen LogP contribution in [0.2, 0.25) is 0 Å². The number of aliphatic carboxylic acids is 1. The van der Waals surface area contributed by atoms with Crippen LogP contribution in [0.15, 0.2) is 60.7 Å². The number of benzene rings is 2. The van der Waals surface area contributed by atoms with Gasteiger partial charge >= 0.3 is 5.97 Å². The van der Waals surface area contributed by atoms with Gasteiger partial charge in [0.2, 0.25) is 5.91 Å². The van der Waals surface area contributed by atoms with Crippen LogP contribution in [0.5, 0.6) is 0 Å². The highest BCUT2D eigenvalue weighted by atomic mass is 16.4. The summed E-state index contributed by atoms with van der Waals surface area (Å²) in [6.45, 7) is 1.91. The maximum absolute atomic E-state index is 11.4. The topological polar surface area (TPSA) is 85.3 Å². The van der Waals surface area contributed by atoms with Gasteiger partial charge in [-0.2, -0.15) is 0 Å². The van der Waals surface area contributed by atoms with E-state index in [-0.39, 0.29) is 6.42 Å². The molecule has 0 radical (unpaired) electrons. The van der Waals surface area contributed by atoms with Gasteiger partial charge in [0.25, 0.3) is 0 Å². The summed E-state index contributed by atoms with van der Waals surface area (Å²) in [4.78, 5) is 22.5. The highest BCUT2D eigenvalue weighted by Gasteiger charge is 2.15. The first-order valence-corrected chi connectivity index (χ1v) is 8.36. The summed E-state index contributed by atoms with van der Waals surface area (Å²) in [7, 11) is 0. The molecular formula is C21H20N2O3. The van der Waals surface area contributed by atoms with E-state index in [2.05, 4.69) is 4.57 Å². The Hall–Kier alpha value is -3.34. The zero-order valence-electron chi connectivity index (χ0n) is 14.5. The number of hydrogen-bond acceptors (Lipinski definition) is 2. The van der Waals surface area contributed by atoms with Gasteiger partial charge in [-0.15, -0.1) is 0 Å². The number of primary amides is 1. The van der Waals surface area contributed by atoms with Crippen molar-refractivity contribution in [3.05, 3.63) is 77.5 Å². The minimum atomic E-state index is -0.834. The average molecular weight is 348 g/mol. The molecule has 1 aromatic heterocycles. The van der Waals surface area contributed by atoms with Crippen molar-refractivity contribution in [1.82, 2.24) is 4.57 Å². The first-order valence-electron chi connectivity index (χ1n) is 8.36. The third-order valence-corrected chi connectivity index (χ3v) is 4.35. The molecule has 0 unspecified atom stereocenters. The summed E-state index contributed by atoms with van der Waals surface area (Å²) in [5.74, 6) is -1.30. The number of hydrogen-bond donors (Lipinski definition) is 2. The Labute approximate surface area is 151 Å². The molecule has 3 rings (SSSR count). The van der Waals surface area contributed by atoms with Crippen molar-refractivity contribution in [1.29, 1.82) is 0 Å². The fourth-order valence-electron chi connectivity index (χ4n) is 3.09. The molecule has 0 spiro atoms. The van der Waals surface area contributed by atoms with Crippen LogP contribution < -0.4 is 5.73 Å². The predicted octanol–water partition coefficient (Wildman–Crippen LogP) is 3.57. The fraction of sp³-hybridized carbons (Fsp3) is 0.143. The molecular weight excluding hydrogens is 328 g/mol. The normalized spacial score (nSPS) is 10.7. The molecule has 0 aliphatic heterocycles. The molecule has 0 aliphatic rings. The van der Waals surface area contributed by atoms with Crippen LogP contribution in [0.3, 0.4) is 0 Å². The van der Waals surface area contributed by atoms with Gasteiger partial charge in [0.1, 0.15) is 0 Å². The maximum atomic E-state index is 11.4. The minimum absolute atomic E-state index is 0.0522. The van der Waals surface area contributed by atoms with Gasteiger partial charge in [-0.3, -0.25) is 9.59 Å². The van der Waals surface area contributed by atoms with Crippen molar-refractivity contribution >= 4 is 11.9 Å². The van der Waals surface area contributed by atoms with E-state index in [1.165, 1.54) is 0 Å². The third-order valence-electron chi connectivity index (χ3n) is 4.35. The van der Waals surface area contributed by atoms with Crippen LogP contribution >= 0.6 is 0 Å². The Morgan fingerprint density at radius 2 is 1.77 bits per heavy atom. The summed E-state index contributed by atoms with van der Waals surface area (Å²) in [6, 6.07) is 19.2. The van der Waals surface area contributed by atoms with E-state index in [9.17, 15) is 9.59 Å². The summed E-state index contributed by atoms with van der Waals surface area (Å²) in [5, 5.41) is 9.05. The van der Waals surface area contributed by atoms with Crippen LogP contribution in [0.4, 0.5) is 0 Å². The average Bonchev–Trinajstić information content (AvgIpc) is 3.04. The van der Waals surface area contributed by atoms with Gasteiger partial charge in [0.15, 0.2) is 0 Å². The van der Waals surface area contributed by atoms with Crippen molar-refractivity contribution < 1.29 is 14.7 Å². The largest absolute Gasteiger partial charge is 0.481 e. The van der Waals surface area contributed by atoms with E-state index in [4.69, 9.17) is 10.8 Å². The van der Waals surface area contributed by atoms with Gasteiger partial charge in [0.05, 0.1) is 12.1 Å². The molecule has 5 nitrogen and oxygen atoms in total. The van der Waals surface area contributed by atoms with Crippen LogP contribution in [-0.4, -0.2) is 21.6 Å². The Morgan fingerprint density at radius 3 is 2.38 bits per heavy atom. The number of carboxylic acids is 1. The number of rotatable bonds is 6. The fourth-order valence-corrected chi connectivity index (χ4v) is 3.09. The first kappa shape index (κ1) is 17.5. The van der Waals surface area contributed by atoms with Crippen molar-refractivity contribution in [2.24, 2.45) is 5.73 Å². The SMILES string of the molecule is Cc1cc(C(N)=O)ccc1-n1c(CCC(=O)O)ccc1-c1ccccc1. The van der Waals surface area contributed by atoms with Gasteiger partial charge in [-0.05, 0) is 54.8 Å². The molecule has 0 bridgehead atoms. The van der Waals surface area contributed by atoms with Crippen LogP contribution in [0, 0.1) is 6.92 Å². The second kappa shape index (κ2) is 7.27. The molecule has 1 heterocycles. The zero-order chi connectivity index (χ0) is 18.7. The summed E-state index contributed by atoms with van der Waals surface area (Å²) < 4.78 is 2.05. The highest BCUT2D eigenvalue weighted by molar-refractivity contribution is 5.93. The third kappa shape index (κ3) is 3.52. The standard InChI is InChI=1S/C21H20N2O3/c1-14-13-16(21(22)26)7-10-18(14)23-17(9-12-20(24)25)8-11-19(23)15-5-3-2-4-6-15/h2-8,10-11,13H,9,12H2,1H3,(H2,22,26)(H,24,25). The van der Waals surface area contributed by atoms with Gasteiger partial charge in [0, 0.05) is 16.9 Å². The Morgan fingerprint density at radius 1 is 1.04 bits per heavy atom. The second-order valence-corrected chi connectivity index (χ2v) is 6.17. The van der Waals surface area contributed by atoms with Crippen molar-refractivity contribution in [2.75, 3.05) is 0 Å². The molecule has 0 atom stereocenters. The van der Waals surface area contributed by atoms with E-state index in [0.29, 0.717) is 12.0 Å². The molecule has 0 aliphatic carbocycles. The molecule has 3 N–H and O–H groups in total. The number of aromatic nitrogens is 1. The molecule has 26 heavy (non-hydrogen) atoms. The zero-order valence-corrected chi connectivity index (χ0v) is 14.5. The predicted molar refractivity (Wildman–Crippen MR) is 100 cm³/mol. The van der Waals surface area contributed by atoms with Crippen molar-refractivity contribution in [3.63, 3.8) is 0 Å². The highest BCUT2D eigenvalue weighted by Crippen LogP contribution is 2.29. The molecule has 3 aromatic rings. The van der Waals surface area contributed by atoms with Crippen molar-refractivity contribution in [2.45, 2.75) is 19.8 Å². The number of nitrogens with two attached hydrogens (primary N) is 1. The monoisotopic (exact) mass is 348 g/mol. The lowest BCUT2D eigenvalue weighted by Gasteiger charge is -2.17. The number of amides is 1. The van der Waals surface area contributed by atoms with Gasteiger partial charge < -0.3 is 15.4 Å². The molecule has 2 aromatic carbocycles. The second-order valence-electron chi connectivity index (χ2n) is 6.17. The maximum Gasteiger partial charge on any atom is 0.303 e. The van der Waals surface area contributed by atoms with E-state index < -0.39 is 11.9 Å². The van der Waals surface area contributed by atoms with E-state index in [1.54, 1.807) is 12.1 Å². The lowest BCUT2D eigenvalue weighted by Crippen LogP contribution is -2.12. The summed E-state index contributed by atoms with van der Waals surface area (Å²) >= 11 is 0. The minimum Gasteiger partial charge on any atom is -0.481 e. The lowest BCUT2D eigenvalue weighted by atomic mass is 10.1. The van der Waals surface area contributed by atoms with Crippen molar-refractivity contribution in [3.8, 4) is 16.9 Å². The first-order chi connectivity index (χ1) is 12.5. The van der Waals surface area contributed by atoms with E-state index >= 15 is 0 Å². The molecule has 5 heteroatoms.